The summed E-state index contributed by atoms with van der Waals surface area (Å²) in [4.78, 5) is 2.52. The van der Waals surface area contributed by atoms with Crippen molar-refractivity contribution < 1.29 is 4.74 Å². The zero-order valence-electron chi connectivity index (χ0n) is 11.7. The lowest BCUT2D eigenvalue weighted by Crippen LogP contribution is -1.92. The summed E-state index contributed by atoms with van der Waals surface area (Å²) in [7, 11) is 0. The van der Waals surface area contributed by atoms with Crippen LogP contribution in [-0.2, 0) is 0 Å². The van der Waals surface area contributed by atoms with Gasteiger partial charge in [0.1, 0.15) is 11.5 Å². The fourth-order valence-electron chi connectivity index (χ4n) is 1.97. The minimum Gasteiger partial charge on any atom is -0.457 e. The Balaban J connectivity index is 2.36. The van der Waals surface area contributed by atoms with Gasteiger partial charge >= 0.3 is 0 Å². The molecule has 0 radical (unpaired) electrons. The molecule has 0 spiro atoms. The van der Waals surface area contributed by atoms with Crippen LogP contribution in [0.3, 0.4) is 0 Å². The van der Waals surface area contributed by atoms with Gasteiger partial charge < -0.3 is 4.74 Å². The topological polar surface area (TPSA) is 9.23 Å². The van der Waals surface area contributed by atoms with Gasteiger partial charge in [-0.25, -0.2) is 0 Å². The first kappa shape index (κ1) is 14.4. The fraction of sp³-hybridized carbons (Fsp3) is 0.250. The van der Waals surface area contributed by atoms with Crippen molar-refractivity contribution in [3.8, 4) is 11.5 Å². The van der Waals surface area contributed by atoms with E-state index in [1.165, 1.54) is 20.9 Å². The Morgan fingerprint density at radius 1 is 0.737 bits per heavy atom. The quantitative estimate of drug-likeness (QED) is 0.684. The highest BCUT2D eigenvalue weighted by Gasteiger charge is 2.09. The zero-order chi connectivity index (χ0) is 13.8. The van der Waals surface area contributed by atoms with Crippen molar-refractivity contribution in [3.63, 3.8) is 0 Å². The van der Waals surface area contributed by atoms with E-state index in [-0.39, 0.29) is 0 Å². The standard InChI is InChI=1S/C16H18OS2/c1-11-13(7-5-9-15(11)18-3)17-14-8-6-10-16(19-4)12(14)2/h5-10H,1-4H3. The van der Waals surface area contributed by atoms with Crippen LogP contribution in [0.4, 0.5) is 0 Å². The summed E-state index contributed by atoms with van der Waals surface area (Å²) in [5.41, 5.74) is 2.40. The van der Waals surface area contributed by atoms with Gasteiger partial charge in [-0.3, -0.25) is 0 Å². The molecule has 2 aromatic carbocycles. The molecule has 0 aliphatic carbocycles. The third-order valence-electron chi connectivity index (χ3n) is 3.13. The molecule has 19 heavy (non-hydrogen) atoms. The van der Waals surface area contributed by atoms with Gasteiger partial charge in [-0.05, 0) is 50.6 Å². The predicted molar refractivity (Wildman–Crippen MR) is 86.0 cm³/mol. The number of hydrogen-bond acceptors (Lipinski definition) is 3. The normalized spacial score (nSPS) is 10.5. The minimum absolute atomic E-state index is 0.938. The molecule has 0 atom stereocenters. The molecule has 0 aliphatic heterocycles. The first-order chi connectivity index (χ1) is 9.17. The van der Waals surface area contributed by atoms with Gasteiger partial charge in [-0.1, -0.05) is 12.1 Å². The zero-order valence-corrected chi connectivity index (χ0v) is 13.3. The van der Waals surface area contributed by atoms with Gasteiger partial charge in [0, 0.05) is 20.9 Å². The molecule has 0 unspecified atom stereocenters. The maximum absolute atomic E-state index is 6.10. The third-order valence-corrected chi connectivity index (χ3v) is 4.89. The molecule has 0 saturated heterocycles. The second-order valence-electron chi connectivity index (χ2n) is 4.27. The van der Waals surface area contributed by atoms with Gasteiger partial charge in [0.25, 0.3) is 0 Å². The van der Waals surface area contributed by atoms with Gasteiger partial charge in [0.15, 0.2) is 0 Å². The monoisotopic (exact) mass is 290 g/mol. The van der Waals surface area contributed by atoms with Gasteiger partial charge in [0.05, 0.1) is 0 Å². The molecular weight excluding hydrogens is 272 g/mol. The van der Waals surface area contributed by atoms with Crippen LogP contribution < -0.4 is 4.74 Å². The summed E-state index contributed by atoms with van der Waals surface area (Å²) in [6.45, 7) is 4.21. The summed E-state index contributed by atoms with van der Waals surface area (Å²) < 4.78 is 6.10. The Morgan fingerprint density at radius 2 is 1.16 bits per heavy atom. The van der Waals surface area contributed by atoms with Crippen molar-refractivity contribution in [2.75, 3.05) is 12.5 Å². The van der Waals surface area contributed by atoms with Gasteiger partial charge in [-0.15, -0.1) is 23.5 Å². The largest absolute Gasteiger partial charge is 0.457 e. The van der Waals surface area contributed by atoms with E-state index < -0.39 is 0 Å². The minimum atomic E-state index is 0.938. The maximum Gasteiger partial charge on any atom is 0.131 e. The summed E-state index contributed by atoms with van der Waals surface area (Å²) in [6.07, 6.45) is 4.18. The molecule has 0 heterocycles. The summed E-state index contributed by atoms with van der Waals surface area (Å²) >= 11 is 3.50. The number of thioether (sulfide) groups is 2. The van der Waals surface area contributed by atoms with E-state index in [9.17, 15) is 0 Å². The second kappa shape index (κ2) is 6.40. The van der Waals surface area contributed by atoms with E-state index >= 15 is 0 Å². The highest BCUT2D eigenvalue weighted by molar-refractivity contribution is 7.98. The average molecular weight is 290 g/mol. The van der Waals surface area contributed by atoms with Crippen LogP contribution in [0.5, 0.6) is 11.5 Å². The molecule has 2 rings (SSSR count). The van der Waals surface area contributed by atoms with E-state index in [0.29, 0.717) is 0 Å². The third kappa shape index (κ3) is 3.10. The van der Waals surface area contributed by atoms with Crippen molar-refractivity contribution in [1.29, 1.82) is 0 Å². The fourth-order valence-corrected chi connectivity index (χ4v) is 3.21. The van der Waals surface area contributed by atoms with Crippen LogP contribution >= 0.6 is 23.5 Å². The lowest BCUT2D eigenvalue weighted by Gasteiger charge is -2.14. The van der Waals surface area contributed by atoms with Crippen molar-refractivity contribution in [1.82, 2.24) is 0 Å². The molecule has 2 aromatic rings. The van der Waals surface area contributed by atoms with Crippen LogP contribution in [-0.4, -0.2) is 12.5 Å². The number of benzene rings is 2. The maximum atomic E-state index is 6.10. The van der Waals surface area contributed by atoms with Crippen LogP contribution in [0.1, 0.15) is 11.1 Å². The van der Waals surface area contributed by atoms with E-state index in [1.54, 1.807) is 23.5 Å². The molecule has 3 heteroatoms. The molecule has 0 fully saturated rings. The first-order valence-electron chi connectivity index (χ1n) is 6.12. The molecule has 0 saturated carbocycles. The molecule has 0 aromatic heterocycles. The number of rotatable bonds is 4. The smallest absolute Gasteiger partial charge is 0.131 e. The van der Waals surface area contributed by atoms with E-state index in [0.717, 1.165) is 11.5 Å². The Bertz CT molecular complexity index is 527. The number of hydrogen-bond donors (Lipinski definition) is 0. The molecular formula is C16H18OS2. The molecule has 100 valence electrons. The predicted octanol–water partition coefficient (Wildman–Crippen LogP) is 5.54. The van der Waals surface area contributed by atoms with Crippen LogP contribution in [0.2, 0.25) is 0 Å². The SMILES string of the molecule is CSc1cccc(Oc2cccc(SC)c2C)c1C. The number of ether oxygens (including phenoxy) is 1. The van der Waals surface area contributed by atoms with E-state index in [4.69, 9.17) is 4.74 Å². The summed E-state index contributed by atoms with van der Waals surface area (Å²) in [6, 6.07) is 12.4. The highest BCUT2D eigenvalue weighted by atomic mass is 32.2. The molecule has 0 bridgehead atoms. The first-order valence-corrected chi connectivity index (χ1v) is 8.57. The molecule has 1 nitrogen and oxygen atoms in total. The second-order valence-corrected chi connectivity index (χ2v) is 5.97. The van der Waals surface area contributed by atoms with E-state index in [2.05, 4.69) is 38.5 Å². The van der Waals surface area contributed by atoms with Crippen LogP contribution in [0.15, 0.2) is 46.2 Å². The van der Waals surface area contributed by atoms with Crippen molar-refractivity contribution >= 4 is 23.5 Å². The van der Waals surface area contributed by atoms with Crippen LogP contribution in [0, 0.1) is 13.8 Å². The van der Waals surface area contributed by atoms with Crippen molar-refractivity contribution in [2.24, 2.45) is 0 Å². The van der Waals surface area contributed by atoms with Crippen LogP contribution in [0.25, 0.3) is 0 Å². The summed E-state index contributed by atoms with van der Waals surface area (Å²) in [5.74, 6) is 1.88. The van der Waals surface area contributed by atoms with Crippen molar-refractivity contribution in [2.45, 2.75) is 23.6 Å². The molecule has 0 aliphatic rings. The highest BCUT2D eigenvalue weighted by Crippen LogP contribution is 2.34. The molecule has 0 amide bonds. The molecule has 0 N–H and O–H groups in total. The van der Waals surface area contributed by atoms with E-state index in [1.807, 2.05) is 24.3 Å². The van der Waals surface area contributed by atoms with Crippen molar-refractivity contribution in [3.05, 3.63) is 47.5 Å². The Hall–Kier alpha value is -1.06. The average Bonchev–Trinajstić information content (AvgIpc) is 2.43. The summed E-state index contributed by atoms with van der Waals surface area (Å²) in [5, 5.41) is 0. The Labute approximate surface area is 123 Å². The Kier molecular flexibility index (Phi) is 4.83. The lowest BCUT2D eigenvalue weighted by atomic mass is 10.2. The lowest BCUT2D eigenvalue weighted by molar-refractivity contribution is 0.472. The Morgan fingerprint density at radius 3 is 1.53 bits per heavy atom. The van der Waals surface area contributed by atoms with Gasteiger partial charge in [-0.2, -0.15) is 0 Å². The van der Waals surface area contributed by atoms with Gasteiger partial charge in [0.2, 0.25) is 0 Å².